The molecule has 1 saturated carbocycles. The van der Waals surface area contributed by atoms with Gasteiger partial charge < -0.3 is 4.90 Å². The molecule has 1 aliphatic carbocycles. The van der Waals surface area contributed by atoms with E-state index < -0.39 is 0 Å². The lowest BCUT2D eigenvalue weighted by atomic mass is 9.78. The van der Waals surface area contributed by atoms with Gasteiger partial charge in [-0.15, -0.1) is 0 Å². The third-order valence-corrected chi connectivity index (χ3v) is 4.69. The van der Waals surface area contributed by atoms with Crippen LogP contribution in [0.4, 0.5) is 0 Å². The molecule has 0 bridgehead atoms. The fourth-order valence-corrected chi connectivity index (χ4v) is 3.21. The lowest BCUT2D eigenvalue weighted by Crippen LogP contribution is -2.55. The molecule has 0 aromatic rings. The highest BCUT2D eigenvalue weighted by molar-refractivity contribution is 5.11. The summed E-state index contributed by atoms with van der Waals surface area (Å²) in [5.74, 6) is 0.654. The Hall–Kier alpha value is -0.590. The summed E-state index contributed by atoms with van der Waals surface area (Å²) in [5.41, 5.74) is -0.317. The first-order valence-electron chi connectivity index (χ1n) is 7.72. The fourth-order valence-electron chi connectivity index (χ4n) is 3.21. The molecular formula is C16H31N3. The van der Waals surface area contributed by atoms with Crippen molar-refractivity contribution in [2.24, 2.45) is 5.92 Å². The van der Waals surface area contributed by atoms with Crippen LogP contribution in [0.5, 0.6) is 0 Å². The first-order valence-corrected chi connectivity index (χ1v) is 7.72. The molecular weight excluding hydrogens is 234 g/mol. The van der Waals surface area contributed by atoms with Crippen molar-refractivity contribution >= 4 is 0 Å². The number of rotatable bonds is 5. The summed E-state index contributed by atoms with van der Waals surface area (Å²) in [6, 6.07) is 4.02. The lowest BCUT2D eigenvalue weighted by molar-refractivity contribution is 0.0897. The lowest BCUT2D eigenvalue weighted by Gasteiger charge is -2.44. The molecule has 1 rings (SSSR count). The van der Waals surface area contributed by atoms with Crippen LogP contribution < -0.4 is 5.32 Å². The molecule has 0 spiro atoms. The number of nitriles is 1. The molecule has 0 aliphatic heterocycles. The molecule has 0 radical (unpaired) electrons. The van der Waals surface area contributed by atoms with E-state index in [4.69, 9.17) is 0 Å². The Bertz CT molecular complexity index is 318. The van der Waals surface area contributed by atoms with Gasteiger partial charge in [0.1, 0.15) is 5.54 Å². The Morgan fingerprint density at radius 1 is 1.26 bits per heavy atom. The van der Waals surface area contributed by atoms with Crippen LogP contribution in [0.3, 0.4) is 0 Å². The summed E-state index contributed by atoms with van der Waals surface area (Å²) in [7, 11) is 2.22. The molecule has 3 atom stereocenters. The van der Waals surface area contributed by atoms with Crippen LogP contribution >= 0.6 is 0 Å². The summed E-state index contributed by atoms with van der Waals surface area (Å²) >= 11 is 0. The Labute approximate surface area is 119 Å². The molecule has 3 heteroatoms. The van der Waals surface area contributed by atoms with E-state index in [2.05, 4.69) is 58.0 Å². The summed E-state index contributed by atoms with van der Waals surface area (Å²) in [6.45, 7) is 11.1. The summed E-state index contributed by atoms with van der Waals surface area (Å²) in [5, 5.41) is 13.1. The van der Waals surface area contributed by atoms with Gasteiger partial charge in [-0.1, -0.05) is 13.8 Å². The molecule has 0 saturated heterocycles. The fraction of sp³-hybridized carbons (Fsp3) is 0.938. The quantitative estimate of drug-likeness (QED) is 0.830. The van der Waals surface area contributed by atoms with Gasteiger partial charge in [0.25, 0.3) is 0 Å². The number of hydrogen-bond acceptors (Lipinski definition) is 3. The van der Waals surface area contributed by atoms with Gasteiger partial charge in [-0.25, -0.2) is 0 Å². The Morgan fingerprint density at radius 3 is 2.37 bits per heavy atom. The molecule has 1 aliphatic rings. The topological polar surface area (TPSA) is 39.1 Å². The van der Waals surface area contributed by atoms with E-state index in [1.54, 1.807) is 0 Å². The SMILES string of the molecule is CC(C)NC1(C#N)CCCC(N(C)C(C)C(C)C)C1. The van der Waals surface area contributed by atoms with E-state index in [1.807, 2.05) is 0 Å². The molecule has 3 nitrogen and oxygen atoms in total. The second kappa shape index (κ2) is 6.72. The summed E-state index contributed by atoms with van der Waals surface area (Å²) in [6.07, 6.45) is 4.31. The average Bonchev–Trinajstić information content (AvgIpc) is 2.36. The van der Waals surface area contributed by atoms with E-state index in [9.17, 15) is 5.26 Å². The highest BCUT2D eigenvalue weighted by Gasteiger charge is 2.39. The number of nitrogens with zero attached hydrogens (tertiary/aromatic N) is 2. The Kier molecular flexibility index (Phi) is 5.82. The first-order chi connectivity index (χ1) is 8.81. The zero-order chi connectivity index (χ0) is 14.6. The van der Waals surface area contributed by atoms with E-state index in [0.29, 0.717) is 24.0 Å². The average molecular weight is 265 g/mol. The standard InChI is InChI=1S/C16H31N3/c1-12(2)14(5)19(6)15-8-7-9-16(10-15,11-17)18-13(3)4/h12-15,18H,7-10H2,1-6H3. The molecule has 0 heterocycles. The molecule has 0 amide bonds. The van der Waals surface area contributed by atoms with Crippen LogP contribution in [0, 0.1) is 17.2 Å². The normalized spacial score (nSPS) is 29.8. The minimum absolute atomic E-state index is 0.317. The molecule has 1 N–H and O–H groups in total. The van der Waals surface area contributed by atoms with Gasteiger partial charge in [-0.2, -0.15) is 5.26 Å². The van der Waals surface area contributed by atoms with Gasteiger partial charge in [0.2, 0.25) is 0 Å². The first kappa shape index (κ1) is 16.5. The van der Waals surface area contributed by atoms with Crippen LogP contribution in [-0.2, 0) is 0 Å². The van der Waals surface area contributed by atoms with Crippen molar-refractivity contribution in [2.75, 3.05) is 7.05 Å². The monoisotopic (exact) mass is 265 g/mol. The maximum absolute atomic E-state index is 9.61. The zero-order valence-electron chi connectivity index (χ0n) is 13.5. The van der Waals surface area contributed by atoms with Gasteiger partial charge in [0, 0.05) is 18.1 Å². The van der Waals surface area contributed by atoms with Crippen LogP contribution in [0.2, 0.25) is 0 Å². The predicted molar refractivity (Wildman–Crippen MR) is 80.9 cm³/mol. The smallest absolute Gasteiger partial charge is 0.108 e. The maximum Gasteiger partial charge on any atom is 0.108 e. The molecule has 3 unspecified atom stereocenters. The van der Waals surface area contributed by atoms with Crippen molar-refractivity contribution in [3.8, 4) is 6.07 Å². The zero-order valence-corrected chi connectivity index (χ0v) is 13.5. The van der Waals surface area contributed by atoms with Crippen LogP contribution in [0.1, 0.15) is 60.3 Å². The molecule has 19 heavy (non-hydrogen) atoms. The van der Waals surface area contributed by atoms with Gasteiger partial charge in [0.05, 0.1) is 6.07 Å². The van der Waals surface area contributed by atoms with Crippen LogP contribution in [0.15, 0.2) is 0 Å². The molecule has 1 fully saturated rings. The third kappa shape index (κ3) is 4.19. The Balaban J connectivity index is 2.75. The van der Waals surface area contributed by atoms with E-state index >= 15 is 0 Å². The predicted octanol–water partition coefficient (Wildman–Crippen LogP) is 3.17. The van der Waals surface area contributed by atoms with Crippen molar-refractivity contribution in [1.82, 2.24) is 10.2 Å². The third-order valence-electron chi connectivity index (χ3n) is 4.69. The van der Waals surface area contributed by atoms with Gasteiger partial charge in [-0.3, -0.25) is 5.32 Å². The van der Waals surface area contributed by atoms with E-state index in [0.717, 1.165) is 19.3 Å². The van der Waals surface area contributed by atoms with Crippen molar-refractivity contribution in [3.05, 3.63) is 0 Å². The minimum Gasteiger partial charge on any atom is -0.300 e. The van der Waals surface area contributed by atoms with Crippen molar-refractivity contribution in [1.29, 1.82) is 5.26 Å². The van der Waals surface area contributed by atoms with Gasteiger partial charge in [0.15, 0.2) is 0 Å². The number of hydrogen-bond donors (Lipinski definition) is 1. The maximum atomic E-state index is 9.61. The van der Waals surface area contributed by atoms with E-state index in [1.165, 1.54) is 6.42 Å². The summed E-state index contributed by atoms with van der Waals surface area (Å²) in [4.78, 5) is 2.48. The molecule has 0 aromatic heterocycles. The largest absolute Gasteiger partial charge is 0.300 e. The van der Waals surface area contributed by atoms with Crippen LogP contribution in [-0.4, -0.2) is 35.6 Å². The van der Waals surface area contributed by atoms with Crippen molar-refractivity contribution < 1.29 is 0 Å². The summed E-state index contributed by atoms with van der Waals surface area (Å²) < 4.78 is 0. The molecule has 110 valence electrons. The highest BCUT2D eigenvalue weighted by Crippen LogP contribution is 2.32. The van der Waals surface area contributed by atoms with Gasteiger partial charge in [-0.05, 0) is 59.4 Å². The van der Waals surface area contributed by atoms with Crippen molar-refractivity contribution in [2.45, 2.75) is 84.0 Å². The molecule has 0 aromatic carbocycles. The van der Waals surface area contributed by atoms with Crippen LogP contribution in [0.25, 0.3) is 0 Å². The van der Waals surface area contributed by atoms with Crippen molar-refractivity contribution in [3.63, 3.8) is 0 Å². The van der Waals surface area contributed by atoms with E-state index in [-0.39, 0.29) is 5.54 Å². The Morgan fingerprint density at radius 2 is 1.89 bits per heavy atom. The van der Waals surface area contributed by atoms with Gasteiger partial charge >= 0.3 is 0 Å². The second-order valence-electron chi connectivity index (χ2n) is 6.89. The minimum atomic E-state index is -0.317. The second-order valence-corrected chi connectivity index (χ2v) is 6.89. The highest BCUT2D eigenvalue weighted by atomic mass is 15.2. The number of nitrogens with one attached hydrogen (secondary N) is 1.